The molecule has 2 aromatic heterocycles. The highest BCUT2D eigenvalue weighted by Gasteiger charge is 2.23. The number of nitrogens with zero attached hydrogens (tertiary/aromatic N) is 3. The van der Waals surface area contributed by atoms with Gasteiger partial charge in [0.2, 0.25) is 0 Å². The number of fused-ring (bicyclic) bond motifs is 1. The Morgan fingerprint density at radius 3 is 2.63 bits per heavy atom. The predicted molar refractivity (Wildman–Crippen MR) is 119 cm³/mol. The summed E-state index contributed by atoms with van der Waals surface area (Å²) < 4.78 is 6.05. The summed E-state index contributed by atoms with van der Waals surface area (Å²) in [5, 5.41) is 1.19. The molecule has 1 atom stereocenters. The van der Waals surface area contributed by atoms with E-state index in [0.717, 1.165) is 43.9 Å². The van der Waals surface area contributed by atoms with Crippen LogP contribution in [0, 0.1) is 0 Å². The Hall–Kier alpha value is -3.08. The summed E-state index contributed by atoms with van der Waals surface area (Å²) in [5.74, 6) is 0. The lowest BCUT2D eigenvalue weighted by Gasteiger charge is -2.32. The molecule has 4 aromatic rings. The van der Waals surface area contributed by atoms with Crippen molar-refractivity contribution in [3.05, 3.63) is 108 Å². The van der Waals surface area contributed by atoms with Crippen LogP contribution in [0.2, 0.25) is 0 Å². The lowest BCUT2D eigenvalue weighted by Crippen LogP contribution is -2.38. The molecule has 1 aliphatic heterocycles. The van der Waals surface area contributed by atoms with Crippen LogP contribution >= 0.6 is 0 Å². The quantitative estimate of drug-likeness (QED) is 0.487. The van der Waals surface area contributed by atoms with E-state index in [1.54, 1.807) is 0 Å². The number of pyridine rings is 2. The highest BCUT2D eigenvalue weighted by molar-refractivity contribution is 5.78. The van der Waals surface area contributed by atoms with E-state index in [1.807, 2.05) is 24.5 Å². The standard InChI is InChI=1S/C26H25N3O/c1-2-5-20(6-3-1)15-21-8-11-25(28-17-21)26-19-29(13-14-30-26)18-22-9-10-24-23(16-22)7-4-12-27-24/h1-12,16-17,26H,13-15,18-19H2. The molecule has 1 fully saturated rings. The van der Waals surface area contributed by atoms with E-state index in [2.05, 4.69) is 70.5 Å². The van der Waals surface area contributed by atoms with Gasteiger partial charge in [-0.25, -0.2) is 0 Å². The summed E-state index contributed by atoms with van der Waals surface area (Å²) in [4.78, 5) is 11.6. The fourth-order valence-corrected chi connectivity index (χ4v) is 4.07. The van der Waals surface area contributed by atoms with Gasteiger partial charge in [-0.2, -0.15) is 0 Å². The SMILES string of the molecule is c1ccc(Cc2ccc(C3CN(Cc4ccc5ncccc5c4)CCO3)nc2)cc1. The zero-order chi connectivity index (χ0) is 20.2. The van der Waals surface area contributed by atoms with E-state index in [4.69, 9.17) is 9.72 Å². The van der Waals surface area contributed by atoms with Crippen LogP contribution in [0.25, 0.3) is 10.9 Å². The second kappa shape index (κ2) is 8.74. The molecule has 0 radical (unpaired) electrons. The minimum atomic E-state index is 0.0200. The van der Waals surface area contributed by atoms with Crippen molar-refractivity contribution in [3.8, 4) is 0 Å². The fourth-order valence-electron chi connectivity index (χ4n) is 4.07. The average molecular weight is 396 g/mol. The van der Waals surface area contributed by atoms with E-state index in [1.165, 1.54) is 22.1 Å². The lowest BCUT2D eigenvalue weighted by molar-refractivity contribution is -0.0349. The number of rotatable bonds is 5. The first-order valence-electron chi connectivity index (χ1n) is 10.5. The van der Waals surface area contributed by atoms with Gasteiger partial charge in [0.05, 0.1) is 17.8 Å². The van der Waals surface area contributed by atoms with Crippen molar-refractivity contribution in [3.63, 3.8) is 0 Å². The van der Waals surface area contributed by atoms with Crippen molar-refractivity contribution >= 4 is 10.9 Å². The van der Waals surface area contributed by atoms with Crippen molar-refractivity contribution in [2.75, 3.05) is 19.7 Å². The van der Waals surface area contributed by atoms with Gasteiger partial charge >= 0.3 is 0 Å². The Labute approximate surface area is 177 Å². The highest BCUT2D eigenvalue weighted by Crippen LogP contribution is 2.23. The summed E-state index contributed by atoms with van der Waals surface area (Å²) >= 11 is 0. The van der Waals surface area contributed by atoms with E-state index < -0.39 is 0 Å². The molecular formula is C26H25N3O. The fraction of sp³-hybridized carbons (Fsp3) is 0.231. The van der Waals surface area contributed by atoms with Crippen LogP contribution in [-0.2, 0) is 17.7 Å². The molecule has 150 valence electrons. The molecule has 1 unspecified atom stereocenters. The second-order valence-corrected chi connectivity index (χ2v) is 7.88. The number of morpholine rings is 1. The molecule has 1 aliphatic rings. The summed E-state index contributed by atoms with van der Waals surface area (Å²) in [5.41, 5.74) is 5.89. The van der Waals surface area contributed by atoms with E-state index in [-0.39, 0.29) is 6.10 Å². The Morgan fingerprint density at radius 1 is 0.867 bits per heavy atom. The lowest BCUT2D eigenvalue weighted by atomic mass is 10.1. The van der Waals surface area contributed by atoms with Gasteiger partial charge in [0.25, 0.3) is 0 Å². The third-order valence-electron chi connectivity index (χ3n) is 5.65. The van der Waals surface area contributed by atoms with Gasteiger partial charge in [0, 0.05) is 37.4 Å². The zero-order valence-corrected chi connectivity index (χ0v) is 16.9. The van der Waals surface area contributed by atoms with Gasteiger partial charge in [0.15, 0.2) is 0 Å². The molecule has 0 amide bonds. The van der Waals surface area contributed by atoms with Crippen LogP contribution in [-0.4, -0.2) is 34.6 Å². The molecule has 4 nitrogen and oxygen atoms in total. The molecule has 0 N–H and O–H groups in total. The third kappa shape index (κ3) is 4.40. The molecule has 0 saturated carbocycles. The van der Waals surface area contributed by atoms with Crippen LogP contribution in [0.4, 0.5) is 0 Å². The third-order valence-corrected chi connectivity index (χ3v) is 5.65. The molecule has 4 heteroatoms. The predicted octanol–water partition coefficient (Wildman–Crippen LogP) is 4.79. The molecular weight excluding hydrogens is 370 g/mol. The summed E-state index contributed by atoms with van der Waals surface area (Å²) in [6, 6.07) is 25.4. The Balaban J connectivity index is 1.24. The van der Waals surface area contributed by atoms with Crippen molar-refractivity contribution in [2.24, 2.45) is 0 Å². The monoisotopic (exact) mass is 395 g/mol. The molecule has 0 aliphatic carbocycles. The zero-order valence-electron chi connectivity index (χ0n) is 16.9. The van der Waals surface area contributed by atoms with Crippen LogP contribution < -0.4 is 0 Å². The highest BCUT2D eigenvalue weighted by atomic mass is 16.5. The summed E-state index contributed by atoms with van der Waals surface area (Å²) in [6.45, 7) is 3.44. The van der Waals surface area contributed by atoms with Gasteiger partial charge in [-0.1, -0.05) is 48.5 Å². The minimum Gasteiger partial charge on any atom is -0.369 e. The van der Waals surface area contributed by atoms with Gasteiger partial charge < -0.3 is 4.74 Å². The minimum absolute atomic E-state index is 0.0200. The maximum atomic E-state index is 6.05. The second-order valence-electron chi connectivity index (χ2n) is 7.88. The molecule has 1 saturated heterocycles. The van der Waals surface area contributed by atoms with Gasteiger partial charge in [-0.15, -0.1) is 0 Å². The topological polar surface area (TPSA) is 38.2 Å². The smallest absolute Gasteiger partial charge is 0.112 e. The summed E-state index contributed by atoms with van der Waals surface area (Å²) in [6.07, 6.45) is 4.75. The first kappa shape index (κ1) is 18.9. The number of ether oxygens (including phenoxy) is 1. The molecule has 2 aromatic carbocycles. The molecule has 30 heavy (non-hydrogen) atoms. The number of benzene rings is 2. The van der Waals surface area contributed by atoms with Crippen LogP contribution in [0.1, 0.15) is 28.5 Å². The number of hydrogen-bond donors (Lipinski definition) is 0. The normalized spacial score (nSPS) is 17.3. The van der Waals surface area contributed by atoms with Gasteiger partial charge in [-0.3, -0.25) is 14.9 Å². The van der Waals surface area contributed by atoms with Crippen LogP contribution in [0.15, 0.2) is 85.2 Å². The molecule has 3 heterocycles. The Kier molecular flexibility index (Phi) is 5.51. The maximum absolute atomic E-state index is 6.05. The first-order chi connectivity index (χ1) is 14.8. The first-order valence-corrected chi connectivity index (χ1v) is 10.5. The van der Waals surface area contributed by atoms with Crippen molar-refractivity contribution in [2.45, 2.75) is 19.1 Å². The van der Waals surface area contributed by atoms with Crippen LogP contribution in [0.5, 0.6) is 0 Å². The molecule has 0 bridgehead atoms. The largest absolute Gasteiger partial charge is 0.369 e. The maximum Gasteiger partial charge on any atom is 0.112 e. The Bertz CT molecular complexity index is 1110. The van der Waals surface area contributed by atoms with Crippen molar-refractivity contribution in [1.82, 2.24) is 14.9 Å². The van der Waals surface area contributed by atoms with E-state index in [0.29, 0.717) is 0 Å². The van der Waals surface area contributed by atoms with Crippen molar-refractivity contribution in [1.29, 1.82) is 0 Å². The molecule has 5 rings (SSSR count). The van der Waals surface area contributed by atoms with E-state index in [9.17, 15) is 0 Å². The molecule has 0 spiro atoms. The van der Waals surface area contributed by atoms with Crippen molar-refractivity contribution < 1.29 is 4.74 Å². The average Bonchev–Trinajstić information content (AvgIpc) is 2.80. The van der Waals surface area contributed by atoms with E-state index >= 15 is 0 Å². The van der Waals surface area contributed by atoms with Gasteiger partial charge in [0.1, 0.15) is 6.10 Å². The number of aromatic nitrogens is 2. The Morgan fingerprint density at radius 2 is 1.77 bits per heavy atom. The van der Waals surface area contributed by atoms with Crippen LogP contribution in [0.3, 0.4) is 0 Å². The van der Waals surface area contributed by atoms with Gasteiger partial charge in [-0.05, 0) is 47.4 Å². The number of hydrogen-bond acceptors (Lipinski definition) is 4. The summed E-state index contributed by atoms with van der Waals surface area (Å²) in [7, 11) is 0.